The molecule has 0 saturated heterocycles. The summed E-state index contributed by atoms with van der Waals surface area (Å²) in [7, 11) is 0. The van der Waals surface area contributed by atoms with Crippen molar-refractivity contribution in [2.24, 2.45) is 0 Å². The van der Waals surface area contributed by atoms with Crippen molar-refractivity contribution in [2.75, 3.05) is 6.54 Å². The monoisotopic (exact) mass is 297 g/mol. The van der Waals surface area contributed by atoms with Gasteiger partial charge < -0.3 is 10.0 Å². The Balaban J connectivity index is 2.15. The number of benzene rings is 2. The number of hydrogen-bond donors (Lipinski definition) is 1. The zero-order chi connectivity index (χ0) is 15.9. The molecule has 0 aromatic heterocycles. The van der Waals surface area contributed by atoms with E-state index in [4.69, 9.17) is 6.42 Å². The van der Waals surface area contributed by atoms with E-state index in [1.807, 2.05) is 0 Å². The lowest BCUT2D eigenvalue weighted by molar-refractivity contribution is -0.140. The Bertz CT molecular complexity index is 662. The van der Waals surface area contributed by atoms with E-state index < -0.39 is 12.0 Å². The van der Waals surface area contributed by atoms with Crippen molar-refractivity contribution < 1.29 is 14.3 Å². The molecule has 0 aliphatic heterocycles. The number of carbonyl (C=O) groups excluding carboxylic acids is 1. The Kier molecular flexibility index (Phi) is 5.29. The highest BCUT2D eigenvalue weighted by molar-refractivity contribution is 5.82. The van der Waals surface area contributed by atoms with Gasteiger partial charge >= 0.3 is 0 Å². The number of rotatable bonds is 5. The van der Waals surface area contributed by atoms with Crippen LogP contribution in [0.5, 0.6) is 0 Å². The molecular formula is C18H16FNO2. The molecule has 0 bridgehead atoms. The molecule has 4 heteroatoms. The molecule has 2 rings (SSSR count). The molecule has 1 N–H and O–H groups in total. The average Bonchev–Trinajstić information content (AvgIpc) is 2.56. The van der Waals surface area contributed by atoms with Crippen LogP contribution < -0.4 is 0 Å². The highest BCUT2D eigenvalue weighted by Gasteiger charge is 2.23. The molecule has 112 valence electrons. The van der Waals surface area contributed by atoms with Crippen LogP contribution in [0.2, 0.25) is 0 Å². The second-order valence-electron chi connectivity index (χ2n) is 4.84. The molecule has 3 nitrogen and oxygen atoms in total. The fourth-order valence-corrected chi connectivity index (χ4v) is 2.08. The van der Waals surface area contributed by atoms with E-state index in [-0.39, 0.29) is 18.9 Å². The molecule has 1 amide bonds. The maximum absolute atomic E-state index is 12.9. The Morgan fingerprint density at radius 2 is 1.82 bits per heavy atom. The molecule has 0 fully saturated rings. The van der Waals surface area contributed by atoms with Gasteiger partial charge in [-0.15, -0.1) is 6.42 Å². The predicted octanol–water partition coefficient (Wildman–Crippen LogP) is 2.52. The molecule has 0 radical (unpaired) electrons. The first-order valence-electron chi connectivity index (χ1n) is 6.81. The number of aliphatic hydroxyl groups is 1. The number of carbonyl (C=O) groups is 1. The molecule has 0 aliphatic rings. The second-order valence-corrected chi connectivity index (χ2v) is 4.84. The summed E-state index contributed by atoms with van der Waals surface area (Å²) in [5, 5.41) is 10.2. The minimum absolute atomic E-state index is 0.0695. The smallest absolute Gasteiger partial charge is 0.257 e. The first-order chi connectivity index (χ1) is 10.6. The minimum Gasteiger partial charge on any atom is -0.378 e. The van der Waals surface area contributed by atoms with Crippen molar-refractivity contribution >= 4 is 5.91 Å². The maximum Gasteiger partial charge on any atom is 0.257 e. The van der Waals surface area contributed by atoms with Gasteiger partial charge in [-0.3, -0.25) is 4.79 Å². The third-order valence-electron chi connectivity index (χ3n) is 3.23. The van der Waals surface area contributed by atoms with E-state index in [2.05, 4.69) is 5.92 Å². The third-order valence-corrected chi connectivity index (χ3v) is 3.23. The van der Waals surface area contributed by atoms with Crippen molar-refractivity contribution in [2.45, 2.75) is 12.6 Å². The van der Waals surface area contributed by atoms with Gasteiger partial charge in [-0.1, -0.05) is 48.4 Å². The van der Waals surface area contributed by atoms with Gasteiger partial charge in [0.15, 0.2) is 6.10 Å². The molecule has 1 atom stereocenters. The third kappa shape index (κ3) is 3.94. The van der Waals surface area contributed by atoms with Gasteiger partial charge in [0.05, 0.1) is 6.54 Å². The maximum atomic E-state index is 12.9. The van der Waals surface area contributed by atoms with Crippen molar-refractivity contribution in [3.63, 3.8) is 0 Å². The molecule has 0 saturated carbocycles. The second kappa shape index (κ2) is 7.39. The van der Waals surface area contributed by atoms with Crippen LogP contribution in [0.15, 0.2) is 54.6 Å². The Morgan fingerprint density at radius 1 is 1.18 bits per heavy atom. The lowest BCUT2D eigenvalue weighted by Gasteiger charge is -2.23. The van der Waals surface area contributed by atoms with Crippen LogP contribution in [0.4, 0.5) is 4.39 Å². The normalized spacial score (nSPS) is 11.5. The van der Waals surface area contributed by atoms with Gasteiger partial charge in [-0.2, -0.15) is 0 Å². The highest BCUT2D eigenvalue weighted by atomic mass is 19.1. The van der Waals surface area contributed by atoms with Gasteiger partial charge in [0, 0.05) is 6.54 Å². The predicted molar refractivity (Wildman–Crippen MR) is 82.1 cm³/mol. The first kappa shape index (κ1) is 15.7. The van der Waals surface area contributed by atoms with Gasteiger partial charge in [0.1, 0.15) is 5.82 Å². The topological polar surface area (TPSA) is 40.5 Å². The number of amides is 1. The van der Waals surface area contributed by atoms with E-state index in [0.717, 1.165) is 5.56 Å². The molecular weight excluding hydrogens is 281 g/mol. The minimum atomic E-state index is -1.27. The number of nitrogens with zero attached hydrogens (tertiary/aromatic N) is 1. The number of terminal acetylenes is 1. The lowest BCUT2D eigenvalue weighted by Crippen LogP contribution is -2.35. The summed E-state index contributed by atoms with van der Waals surface area (Å²) in [6.07, 6.45) is 4.03. The summed E-state index contributed by atoms with van der Waals surface area (Å²) in [6.45, 7) is 0.285. The van der Waals surface area contributed by atoms with E-state index in [9.17, 15) is 14.3 Å². The molecule has 0 heterocycles. The van der Waals surface area contributed by atoms with E-state index in [1.165, 1.54) is 17.0 Å². The van der Waals surface area contributed by atoms with Gasteiger partial charge in [0.2, 0.25) is 0 Å². The Morgan fingerprint density at radius 3 is 2.41 bits per heavy atom. The van der Waals surface area contributed by atoms with Crippen molar-refractivity contribution in [1.82, 2.24) is 4.90 Å². The zero-order valence-corrected chi connectivity index (χ0v) is 11.9. The molecule has 2 aromatic carbocycles. The quantitative estimate of drug-likeness (QED) is 0.862. The molecule has 22 heavy (non-hydrogen) atoms. The summed E-state index contributed by atoms with van der Waals surface area (Å²) in [5.41, 5.74) is 1.25. The number of halogens is 1. The fourth-order valence-electron chi connectivity index (χ4n) is 2.08. The zero-order valence-electron chi connectivity index (χ0n) is 11.9. The van der Waals surface area contributed by atoms with Gasteiger partial charge in [0.25, 0.3) is 5.91 Å². The molecule has 0 spiro atoms. The molecule has 0 aliphatic carbocycles. The average molecular weight is 297 g/mol. The van der Waals surface area contributed by atoms with E-state index >= 15 is 0 Å². The van der Waals surface area contributed by atoms with Crippen LogP contribution in [0.3, 0.4) is 0 Å². The number of aliphatic hydroxyl groups excluding tert-OH is 1. The van der Waals surface area contributed by atoms with E-state index in [1.54, 1.807) is 42.5 Å². The van der Waals surface area contributed by atoms with Crippen LogP contribution in [0.25, 0.3) is 0 Å². The summed E-state index contributed by atoms with van der Waals surface area (Å²) < 4.78 is 12.9. The van der Waals surface area contributed by atoms with E-state index in [0.29, 0.717) is 5.56 Å². The van der Waals surface area contributed by atoms with Crippen LogP contribution in [-0.2, 0) is 11.3 Å². The van der Waals surface area contributed by atoms with Gasteiger partial charge in [-0.25, -0.2) is 4.39 Å². The first-order valence-corrected chi connectivity index (χ1v) is 6.81. The van der Waals surface area contributed by atoms with Crippen molar-refractivity contribution in [1.29, 1.82) is 0 Å². The fraction of sp³-hybridized carbons (Fsp3) is 0.167. The van der Waals surface area contributed by atoms with Crippen molar-refractivity contribution in [3.05, 3.63) is 71.5 Å². The Labute approximate surface area is 129 Å². The summed E-state index contributed by atoms with van der Waals surface area (Å²) in [4.78, 5) is 13.8. The van der Waals surface area contributed by atoms with Crippen LogP contribution in [-0.4, -0.2) is 22.5 Å². The van der Waals surface area contributed by atoms with Gasteiger partial charge in [-0.05, 0) is 23.3 Å². The van der Waals surface area contributed by atoms with Crippen LogP contribution in [0, 0.1) is 18.2 Å². The molecule has 2 aromatic rings. The largest absolute Gasteiger partial charge is 0.378 e. The Hall–Kier alpha value is -2.64. The highest BCUT2D eigenvalue weighted by Crippen LogP contribution is 2.17. The summed E-state index contributed by atoms with van der Waals surface area (Å²) in [5.74, 6) is 1.58. The standard InChI is InChI=1S/C18H16FNO2/c1-2-12-20(13-14-8-10-16(19)11-9-14)18(22)17(21)15-6-4-3-5-7-15/h1,3-11,17,21H,12-13H2. The van der Waals surface area contributed by atoms with Crippen LogP contribution >= 0.6 is 0 Å². The molecule has 1 unspecified atom stereocenters. The number of hydrogen-bond acceptors (Lipinski definition) is 2. The lowest BCUT2D eigenvalue weighted by atomic mass is 10.1. The summed E-state index contributed by atoms with van der Waals surface area (Å²) >= 11 is 0. The summed E-state index contributed by atoms with van der Waals surface area (Å²) in [6, 6.07) is 14.5. The van der Waals surface area contributed by atoms with Crippen LogP contribution in [0.1, 0.15) is 17.2 Å². The van der Waals surface area contributed by atoms with Crippen molar-refractivity contribution in [3.8, 4) is 12.3 Å². The SMILES string of the molecule is C#CCN(Cc1ccc(F)cc1)C(=O)C(O)c1ccccc1.